The first-order valence-electron chi connectivity index (χ1n) is 10.5. The second-order valence-corrected chi connectivity index (χ2v) is 7.47. The van der Waals surface area contributed by atoms with Gasteiger partial charge < -0.3 is 24.3 Å². The number of rotatable bonds is 11. The second-order valence-electron chi connectivity index (χ2n) is 7.47. The normalized spacial score (nSPS) is 15.8. The van der Waals surface area contributed by atoms with Crippen LogP contribution in [-0.2, 0) is 22.4 Å². The monoisotopic (exact) mass is 442 g/mol. The summed E-state index contributed by atoms with van der Waals surface area (Å²) in [6, 6.07) is 10.8. The number of imide groups is 1. The lowest BCUT2D eigenvalue weighted by Gasteiger charge is -2.16. The number of benzene rings is 2. The minimum absolute atomic E-state index is 0.154. The average molecular weight is 443 g/mol. The van der Waals surface area contributed by atoms with Crippen molar-refractivity contribution in [1.29, 1.82) is 0 Å². The van der Waals surface area contributed by atoms with Gasteiger partial charge in [0, 0.05) is 6.54 Å². The topological polar surface area (TPSA) is 86.3 Å². The van der Waals surface area contributed by atoms with Gasteiger partial charge in [0.25, 0.3) is 0 Å². The van der Waals surface area contributed by atoms with Crippen LogP contribution in [0.25, 0.3) is 0 Å². The Morgan fingerprint density at radius 1 is 0.812 bits per heavy atom. The van der Waals surface area contributed by atoms with E-state index < -0.39 is 6.04 Å². The first-order valence-corrected chi connectivity index (χ1v) is 10.5. The van der Waals surface area contributed by atoms with Gasteiger partial charge in [-0.15, -0.1) is 0 Å². The highest BCUT2D eigenvalue weighted by Gasteiger charge is 2.37. The lowest BCUT2D eigenvalue weighted by molar-refractivity contribution is -0.138. The lowest BCUT2D eigenvalue weighted by atomic mass is 10.1. The van der Waals surface area contributed by atoms with E-state index in [0.29, 0.717) is 48.9 Å². The molecule has 0 unspecified atom stereocenters. The predicted octanol–water partition coefficient (Wildman–Crippen LogP) is 2.22. The molecule has 1 N–H and O–H groups in total. The molecule has 8 nitrogen and oxygen atoms in total. The molecule has 8 heteroatoms. The van der Waals surface area contributed by atoms with Crippen molar-refractivity contribution in [3.05, 3.63) is 47.5 Å². The van der Waals surface area contributed by atoms with Crippen molar-refractivity contribution in [3.8, 4) is 23.0 Å². The zero-order valence-electron chi connectivity index (χ0n) is 19.0. The van der Waals surface area contributed by atoms with Crippen LogP contribution in [0.4, 0.5) is 0 Å². The van der Waals surface area contributed by atoms with Gasteiger partial charge in [-0.05, 0) is 54.8 Å². The zero-order valence-corrected chi connectivity index (χ0v) is 19.0. The van der Waals surface area contributed by atoms with Gasteiger partial charge in [0.2, 0.25) is 11.8 Å². The van der Waals surface area contributed by atoms with Crippen LogP contribution in [0, 0.1) is 0 Å². The van der Waals surface area contributed by atoms with Gasteiger partial charge >= 0.3 is 0 Å². The molecule has 0 saturated carbocycles. The molecule has 2 amide bonds. The summed E-state index contributed by atoms with van der Waals surface area (Å²) in [5, 5.41) is 3.22. The number of nitrogens with zero attached hydrogens (tertiary/aromatic N) is 1. The first kappa shape index (κ1) is 23.4. The standard InChI is InChI=1S/C24H30N2O6/c1-29-19-7-5-16(13-21(19)31-3)9-11-25-18-15-23(27)26(24(18)28)12-10-17-6-8-20(30-2)22(14-17)32-4/h5-8,13-14,18,25H,9-12,15H2,1-4H3/t18-/m0/s1. The SMILES string of the molecule is COc1ccc(CCN[C@H]2CC(=O)N(CCc3ccc(OC)c(OC)c3)C2=O)cc1OC. The highest BCUT2D eigenvalue weighted by Crippen LogP contribution is 2.29. The van der Waals surface area contributed by atoms with Gasteiger partial charge in [-0.2, -0.15) is 0 Å². The molecule has 32 heavy (non-hydrogen) atoms. The van der Waals surface area contributed by atoms with E-state index in [1.165, 1.54) is 4.90 Å². The minimum atomic E-state index is -0.493. The van der Waals surface area contributed by atoms with Crippen molar-refractivity contribution in [2.24, 2.45) is 0 Å². The Labute approximate surface area is 188 Å². The van der Waals surface area contributed by atoms with Crippen LogP contribution in [0.3, 0.4) is 0 Å². The molecule has 1 fully saturated rings. The summed E-state index contributed by atoms with van der Waals surface area (Å²) < 4.78 is 21.1. The number of carbonyl (C=O) groups excluding carboxylic acids is 2. The molecule has 0 spiro atoms. The smallest absolute Gasteiger partial charge is 0.246 e. The molecule has 1 atom stereocenters. The predicted molar refractivity (Wildman–Crippen MR) is 120 cm³/mol. The Balaban J connectivity index is 1.52. The van der Waals surface area contributed by atoms with Gasteiger partial charge in [-0.3, -0.25) is 14.5 Å². The highest BCUT2D eigenvalue weighted by atomic mass is 16.5. The highest BCUT2D eigenvalue weighted by molar-refractivity contribution is 6.05. The summed E-state index contributed by atoms with van der Waals surface area (Å²) in [6.07, 6.45) is 1.43. The molecule has 1 saturated heterocycles. The molecular formula is C24H30N2O6. The maximum absolute atomic E-state index is 12.7. The van der Waals surface area contributed by atoms with E-state index in [4.69, 9.17) is 18.9 Å². The maximum Gasteiger partial charge on any atom is 0.246 e. The molecule has 2 aromatic rings. The molecule has 0 aliphatic carbocycles. The average Bonchev–Trinajstić information content (AvgIpc) is 3.09. The van der Waals surface area contributed by atoms with Crippen LogP contribution in [0.2, 0.25) is 0 Å². The molecular weight excluding hydrogens is 412 g/mol. The molecule has 0 bridgehead atoms. The Morgan fingerprint density at radius 2 is 1.34 bits per heavy atom. The van der Waals surface area contributed by atoms with Gasteiger partial charge in [-0.25, -0.2) is 0 Å². The van der Waals surface area contributed by atoms with Crippen LogP contribution < -0.4 is 24.3 Å². The molecule has 3 rings (SSSR count). The van der Waals surface area contributed by atoms with Crippen molar-refractivity contribution in [2.75, 3.05) is 41.5 Å². The van der Waals surface area contributed by atoms with Gasteiger partial charge in [0.1, 0.15) is 0 Å². The summed E-state index contributed by atoms with van der Waals surface area (Å²) in [7, 11) is 6.35. The molecule has 1 aliphatic heterocycles. The van der Waals surface area contributed by atoms with Crippen molar-refractivity contribution in [1.82, 2.24) is 10.2 Å². The van der Waals surface area contributed by atoms with Crippen molar-refractivity contribution in [2.45, 2.75) is 25.3 Å². The van der Waals surface area contributed by atoms with Crippen molar-refractivity contribution < 1.29 is 28.5 Å². The summed E-state index contributed by atoms with van der Waals surface area (Å²) >= 11 is 0. The van der Waals surface area contributed by atoms with E-state index >= 15 is 0 Å². The molecule has 1 aliphatic rings. The number of hydrogen-bond acceptors (Lipinski definition) is 7. The third kappa shape index (κ3) is 5.31. The third-order valence-corrected chi connectivity index (χ3v) is 5.57. The molecule has 172 valence electrons. The van der Waals surface area contributed by atoms with E-state index in [-0.39, 0.29) is 18.2 Å². The molecule has 1 heterocycles. The van der Waals surface area contributed by atoms with E-state index in [1.807, 2.05) is 36.4 Å². The summed E-state index contributed by atoms with van der Waals surface area (Å²) in [5.41, 5.74) is 2.02. The lowest BCUT2D eigenvalue weighted by Crippen LogP contribution is -2.40. The van der Waals surface area contributed by atoms with Crippen LogP contribution in [0.1, 0.15) is 17.5 Å². The van der Waals surface area contributed by atoms with Crippen molar-refractivity contribution >= 4 is 11.8 Å². The van der Waals surface area contributed by atoms with E-state index in [2.05, 4.69) is 5.32 Å². The van der Waals surface area contributed by atoms with Crippen LogP contribution >= 0.6 is 0 Å². The number of hydrogen-bond donors (Lipinski definition) is 1. The Morgan fingerprint density at radius 3 is 1.88 bits per heavy atom. The van der Waals surface area contributed by atoms with Crippen LogP contribution in [0.15, 0.2) is 36.4 Å². The molecule has 0 radical (unpaired) electrons. The van der Waals surface area contributed by atoms with E-state index in [9.17, 15) is 9.59 Å². The zero-order chi connectivity index (χ0) is 23.1. The van der Waals surface area contributed by atoms with Crippen LogP contribution in [0.5, 0.6) is 23.0 Å². The molecule has 2 aromatic carbocycles. The number of ether oxygens (including phenoxy) is 4. The van der Waals surface area contributed by atoms with E-state index in [0.717, 1.165) is 11.1 Å². The summed E-state index contributed by atoms with van der Waals surface area (Å²) in [4.78, 5) is 26.5. The minimum Gasteiger partial charge on any atom is -0.493 e. The Bertz CT molecular complexity index is 962. The number of likely N-dealkylation sites (tertiary alicyclic amines) is 1. The maximum atomic E-state index is 12.7. The van der Waals surface area contributed by atoms with Gasteiger partial charge in [-0.1, -0.05) is 12.1 Å². The second kappa shape index (κ2) is 10.9. The number of amides is 2. The summed E-state index contributed by atoms with van der Waals surface area (Å²) in [6.45, 7) is 0.906. The fourth-order valence-corrected chi connectivity index (χ4v) is 3.78. The fraction of sp³-hybridized carbons (Fsp3) is 0.417. The summed E-state index contributed by atoms with van der Waals surface area (Å²) in [5.74, 6) is 2.27. The van der Waals surface area contributed by atoms with Gasteiger partial charge in [0.05, 0.1) is 40.9 Å². The Hall–Kier alpha value is -3.26. The number of nitrogens with one attached hydrogen (secondary N) is 1. The van der Waals surface area contributed by atoms with Crippen LogP contribution in [-0.4, -0.2) is 64.3 Å². The Kier molecular flexibility index (Phi) is 7.94. The van der Waals surface area contributed by atoms with E-state index in [1.54, 1.807) is 28.4 Å². The molecule has 0 aromatic heterocycles. The van der Waals surface area contributed by atoms with Gasteiger partial charge in [0.15, 0.2) is 23.0 Å². The van der Waals surface area contributed by atoms with Crippen molar-refractivity contribution in [3.63, 3.8) is 0 Å². The first-order chi connectivity index (χ1) is 15.5. The number of methoxy groups -OCH3 is 4. The number of carbonyl (C=O) groups is 2. The fourth-order valence-electron chi connectivity index (χ4n) is 3.78. The largest absolute Gasteiger partial charge is 0.493 e. The quantitative estimate of drug-likeness (QED) is 0.534. The third-order valence-electron chi connectivity index (χ3n) is 5.57.